The molecule has 0 aliphatic carbocycles. The van der Waals surface area contributed by atoms with Crippen LogP contribution >= 0.6 is 0 Å². The summed E-state index contributed by atoms with van der Waals surface area (Å²) >= 11 is 0. The zero-order valence-electron chi connectivity index (χ0n) is 12.5. The Hall–Kier alpha value is -0.180. The number of nitrogens with zero attached hydrogens (tertiary/aromatic N) is 1. The van der Waals surface area contributed by atoms with Crippen molar-refractivity contribution < 1.29 is 8.96 Å². The van der Waals surface area contributed by atoms with Crippen LogP contribution in [0.4, 0.5) is 8.96 Å². The van der Waals surface area contributed by atoms with E-state index in [4.69, 9.17) is 0 Å². The van der Waals surface area contributed by atoms with Crippen molar-refractivity contribution in [1.82, 2.24) is 5.34 Å². The van der Waals surface area contributed by atoms with E-state index in [0.29, 0.717) is 19.3 Å². The maximum absolute atomic E-state index is 13.4. The van der Waals surface area contributed by atoms with Gasteiger partial charge < -0.3 is 0 Å². The first kappa shape index (κ1) is 17.8. The van der Waals surface area contributed by atoms with Crippen molar-refractivity contribution in [3.05, 3.63) is 0 Å². The standard InChI is InChI=1S/C15H31F2N/c1-4-7-10-13-15(18(16)17,12-9-6-3)14-11-8-5-2/h4-14H2,1-3H3. The summed E-state index contributed by atoms with van der Waals surface area (Å²) in [6.07, 6.45) is 10.0. The molecule has 0 aliphatic rings. The van der Waals surface area contributed by atoms with Gasteiger partial charge >= 0.3 is 0 Å². The van der Waals surface area contributed by atoms with Gasteiger partial charge in [-0.15, -0.1) is 8.96 Å². The van der Waals surface area contributed by atoms with E-state index >= 15 is 0 Å². The second-order valence-corrected chi connectivity index (χ2v) is 5.48. The first-order valence-corrected chi connectivity index (χ1v) is 7.74. The summed E-state index contributed by atoms with van der Waals surface area (Å²) in [5, 5.41) is -0.464. The van der Waals surface area contributed by atoms with Crippen LogP contribution in [0.1, 0.15) is 91.4 Å². The van der Waals surface area contributed by atoms with E-state index in [1.54, 1.807) is 0 Å². The van der Waals surface area contributed by atoms with E-state index in [1.807, 2.05) is 0 Å². The van der Waals surface area contributed by atoms with Crippen molar-refractivity contribution in [1.29, 1.82) is 0 Å². The molecule has 1 nitrogen and oxygen atoms in total. The van der Waals surface area contributed by atoms with Crippen molar-refractivity contribution in [2.24, 2.45) is 0 Å². The minimum Gasteiger partial charge on any atom is -0.101 e. The van der Waals surface area contributed by atoms with Crippen molar-refractivity contribution in [3.8, 4) is 0 Å². The first-order valence-electron chi connectivity index (χ1n) is 7.74. The Morgan fingerprint density at radius 1 is 0.667 bits per heavy atom. The van der Waals surface area contributed by atoms with Crippen LogP contribution in [-0.2, 0) is 0 Å². The van der Waals surface area contributed by atoms with Crippen LogP contribution in [0.5, 0.6) is 0 Å². The van der Waals surface area contributed by atoms with Crippen molar-refractivity contribution in [2.75, 3.05) is 0 Å². The lowest BCUT2D eigenvalue weighted by Crippen LogP contribution is -2.39. The predicted octanol–water partition coefficient (Wildman–Crippen LogP) is 6.15. The average Bonchev–Trinajstić information content (AvgIpc) is 2.35. The molecule has 0 N–H and O–H groups in total. The van der Waals surface area contributed by atoms with E-state index in [2.05, 4.69) is 20.8 Å². The van der Waals surface area contributed by atoms with Gasteiger partial charge in [-0.25, -0.2) is 0 Å². The highest BCUT2D eigenvalue weighted by Gasteiger charge is 2.36. The third-order valence-electron chi connectivity index (χ3n) is 3.85. The first-order chi connectivity index (χ1) is 8.63. The van der Waals surface area contributed by atoms with Gasteiger partial charge in [-0.3, -0.25) is 0 Å². The summed E-state index contributed by atoms with van der Waals surface area (Å²) in [6, 6.07) is 0. The smallest absolute Gasteiger partial charge is 0.0839 e. The molecule has 0 fully saturated rings. The molecule has 0 aromatic heterocycles. The zero-order chi connectivity index (χ0) is 13.9. The molecule has 18 heavy (non-hydrogen) atoms. The molecule has 0 rings (SSSR count). The maximum atomic E-state index is 13.4. The van der Waals surface area contributed by atoms with Crippen molar-refractivity contribution >= 4 is 0 Å². The molecular formula is C15H31F2N. The molecule has 110 valence electrons. The maximum Gasteiger partial charge on any atom is 0.0839 e. The molecule has 0 atom stereocenters. The van der Waals surface area contributed by atoms with Crippen LogP contribution < -0.4 is 0 Å². The Kier molecular flexibility index (Phi) is 10.6. The largest absolute Gasteiger partial charge is 0.101 e. The Bertz CT molecular complexity index is 173. The minimum absolute atomic E-state index is 0.464. The Labute approximate surface area is 112 Å². The monoisotopic (exact) mass is 263 g/mol. The fraction of sp³-hybridized carbons (Fsp3) is 1.00. The normalized spacial score (nSPS) is 12.3. The molecule has 0 aromatic carbocycles. The molecule has 0 spiro atoms. The Morgan fingerprint density at radius 3 is 1.39 bits per heavy atom. The molecule has 0 saturated heterocycles. The zero-order valence-corrected chi connectivity index (χ0v) is 12.5. The van der Waals surface area contributed by atoms with Crippen LogP contribution in [0.3, 0.4) is 0 Å². The van der Waals surface area contributed by atoms with E-state index in [1.165, 1.54) is 0 Å². The minimum atomic E-state index is -0.847. The number of unbranched alkanes of at least 4 members (excludes halogenated alkanes) is 5. The van der Waals surface area contributed by atoms with Gasteiger partial charge in [0.1, 0.15) is 0 Å². The summed E-state index contributed by atoms with van der Waals surface area (Å²) in [5.74, 6) is 0. The second-order valence-electron chi connectivity index (χ2n) is 5.48. The second kappa shape index (κ2) is 10.7. The van der Waals surface area contributed by atoms with Gasteiger partial charge in [0.2, 0.25) is 0 Å². The van der Waals surface area contributed by atoms with Gasteiger partial charge in [0, 0.05) is 5.34 Å². The van der Waals surface area contributed by atoms with Crippen LogP contribution in [0.2, 0.25) is 0 Å². The van der Waals surface area contributed by atoms with Gasteiger partial charge in [0.15, 0.2) is 0 Å². The van der Waals surface area contributed by atoms with Crippen LogP contribution in [0.25, 0.3) is 0 Å². The molecule has 0 aromatic rings. The lowest BCUT2D eigenvalue weighted by atomic mass is 9.83. The molecular weight excluding hydrogens is 232 g/mol. The predicted molar refractivity (Wildman–Crippen MR) is 74.6 cm³/mol. The Balaban J connectivity index is 4.45. The van der Waals surface area contributed by atoms with Gasteiger partial charge in [0.05, 0.1) is 5.54 Å². The van der Waals surface area contributed by atoms with Gasteiger partial charge in [0.25, 0.3) is 0 Å². The molecule has 0 saturated carbocycles. The molecule has 0 unspecified atom stereocenters. The number of hydrogen-bond donors (Lipinski definition) is 0. The average molecular weight is 263 g/mol. The summed E-state index contributed by atoms with van der Waals surface area (Å²) in [6.45, 7) is 6.31. The van der Waals surface area contributed by atoms with Crippen LogP contribution in [-0.4, -0.2) is 10.9 Å². The van der Waals surface area contributed by atoms with Gasteiger partial charge in [-0.1, -0.05) is 72.1 Å². The molecule has 0 amide bonds. The summed E-state index contributed by atoms with van der Waals surface area (Å²) in [7, 11) is 0. The van der Waals surface area contributed by atoms with Crippen LogP contribution in [0, 0.1) is 0 Å². The van der Waals surface area contributed by atoms with Crippen molar-refractivity contribution in [2.45, 2.75) is 96.9 Å². The molecule has 3 heteroatoms. The van der Waals surface area contributed by atoms with E-state index in [9.17, 15) is 8.96 Å². The molecule has 0 aliphatic heterocycles. The summed E-state index contributed by atoms with van der Waals surface area (Å²) < 4.78 is 26.7. The topological polar surface area (TPSA) is 3.24 Å². The summed E-state index contributed by atoms with van der Waals surface area (Å²) in [4.78, 5) is 0. The highest BCUT2D eigenvalue weighted by molar-refractivity contribution is 4.84. The fourth-order valence-electron chi connectivity index (χ4n) is 2.54. The lowest BCUT2D eigenvalue weighted by molar-refractivity contribution is -0.240. The fourth-order valence-corrected chi connectivity index (χ4v) is 2.54. The molecule has 0 heterocycles. The molecule has 0 radical (unpaired) electrons. The van der Waals surface area contributed by atoms with E-state index in [-0.39, 0.29) is 0 Å². The number of rotatable bonds is 12. The quantitative estimate of drug-likeness (QED) is 0.301. The highest BCUT2D eigenvalue weighted by Crippen LogP contribution is 2.35. The Morgan fingerprint density at radius 2 is 1.06 bits per heavy atom. The number of hydrogen-bond acceptors (Lipinski definition) is 1. The SMILES string of the molecule is CCCCCC(CCCC)(CCCCC)N(F)F. The number of halogens is 2. The van der Waals surface area contributed by atoms with E-state index < -0.39 is 10.9 Å². The van der Waals surface area contributed by atoms with Crippen LogP contribution in [0.15, 0.2) is 0 Å². The molecule has 0 bridgehead atoms. The van der Waals surface area contributed by atoms with E-state index in [0.717, 1.165) is 51.4 Å². The third kappa shape index (κ3) is 6.67. The highest BCUT2D eigenvalue weighted by atomic mass is 19.4. The van der Waals surface area contributed by atoms with Gasteiger partial charge in [-0.2, -0.15) is 0 Å². The van der Waals surface area contributed by atoms with Crippen molar-refractivity contribution in [3.63, 3.8) is 0 Å². The lowest BCUT2D eigenvalue weighted by Gasteiger charge is -2.33. The van der Waals surface area contributed by atoms with Gasteiger partial charge in [-0.05, 0) is 19.3 Å². The summed E-state index contributed by atoms with van der Waals surface area (Å²) in [5.41, 5.74) is -0.847. The third-order valence-corrected chi connectivity index (χ3v) is 3.85.